The van der Waals surface area contributed by atoms with Crippen LogP contribution in [-0.4, -0.2) is 50.3 Å². The Bertz CT molecular complexity index is 989. The Morgan fingerprint density at radius 3 is 2.69 bits per heavy atom. The number of carbonyl (C=O) groups excluding carboxylic acids is 2. The summed E-state index contributed by atoms with van der Waals surface area (Å²) < 4.78 is 20.9. The van der Waals surface area contributed by atoms with Crippen LogP contribution >= 0.6 is 0 Å². The van der Waals surface area contributed by atoms with Crippen molar-refractivity contribution in [2.75, 3.05) is 26.7 Å². The Kier molecular flexibility index (Phi) is 6.46. The van der Waals surface area contributed by atoms with Crippen molar-refractivity contribution in [2.45, 2.75) is 43.9 Å². The van der Waals surface area contributed by atoms with Crippen LogP contribution in [0.5, 0.6) is 5.75 Å². The van der Waals surface area contributed by atoms with Gasteiger partial charge in [-0.05, 0) is 44.0 Å². The molecule has 3 N–H and O–H groups in total. The van der Waals surface area contributed by atoms with Crippen LogP contribution in [0.1, 0.15) is 63.9 Å². The predicted molar refractivity (Wildman–Crippen MR) is 121 cm³/mol. The second-order valence-corrected chi connectivity index (χ2v) is 8.67. The summed E-state index contributed by atoms with van der Waals surface area (Å²) in [7, 11) is 1.55. The number of amides is 2. The molecule has 0 aromatic heterocycles. The van der Waals surface area contributed by atoms with Crippen LogP contribution in [0.25, 0.3) is 0 Å². The van der Waals surface area contributed by atoms with E-state index in [-0.39, 0.29) is 36.8 Å². The number of carbonyl (C=O) groups is 2. The predicted octanol–water partition coefficient (Wildman–Crippen LogP) is 3.17. The molecule has 4 rings (SSSR count). The Balaban J connectivity index is 1.59. The summed E-state index contributed by atoms with van der Waals surface area (Å²) in [6.45, 7) is 3.34. The van der Waals surface area contributed by atoms with E-state index in [9.17, 15) is 14.0 Å². The standard InChI is InChI=1S/C25H30FN3O3/c1-16-21(17-7-4-3-5-8-17)19-13-18(14-20(22(19)32-16)24(31)27-2)23(30)29-12-10-25(26)9-6-11-28-15-25/h3-5,7-8,13-14,16,21,28H,6,9-12,15H2,1-2H3,(H,27,31)(H,29,30)/t16-,21+,25-/m1/s1. The Hall–Kier alpha value is -2.93. The van der Waals surface area contributed by atoms with Crippen LogP contribution in [0, 0.1) is 0 Å². The van der Waals surface area contributed by atoms with Gasteiger partial charge in [0.25, 0.3) is 11.8 Å². The highest BCUT2D eigenvalue weighted by Gasteiger charge is 2.37. The first-order valence-electron chi connectivity index (χ1n) is 11.2. The minimum Gasteiger partial charge on any atom is -0.489 e. The highest BCUT2D eigenvalue weighted by atomic mass is 19.1. The van der Waals surface area contributed by atoms with E-state index in [2.05, 4.69) is 16.0 Å². The van der Waals surface area contributed by atoms with Crippen molar-refractivity contribution in [1.29, 1.82) is 0 Å². The highest BCUT2D eigenvalue weighted by Crippen LogP contribution is 2.44. The quantitative estimate of drug-likeness (QED) is 0.646. The smallest absolute Gasteiger partial charge is 0.254 e. The molecule has 2 amide bonds. The van der Waals surface area contributed by atoms with E-state index in [1.165, 1.54) is 0 Å². The lowest BCUT2D eigenvalue weighted by Crippen LogP contribution is -2.44. The van der Waals surface area contributed by atoms with Crippen molar-refractivity contribution in [3.8, 4) is 5.75 Å². The van der Waals surface area contributed by atoms with Crippen molar-refractivity contribution in [3.63, 3.8) is 0 Å². The Morgan fingerprint density at radius 2 is 2.00 bits per heavy atom. The average Bonchev–Trinajstić information content (AvgIpc) is 3.14. The van der Waals surface area contributed by atoms with Crippen LogP contribution in [0.3, 0.4) is 0 Å². The van der Waals surface area contributed by atoms with Gasteiger partial charge in [0.15, 0.2) is 0 Å². The molecule has 2 aliphatic rings. The minimum absolute atomic E-state index is 0.0928. The average molecular weight is 440 g/mol. The molecule has 2 aromatic rings. The molecule has 7 heteroatoms. The normalized spacial score (nSPS) is 24.3. The molecule has 0 spiro atoms. The molecular weight excluding hydrogens is 409 g/mol. The second-order valence-electron chi connectivity index (χ2n) is 8.67. The van der Waals surface area contributed by atoms with Crippen molar-refractivity contribution >= 4 is 11.8 Å². The number of ether oxygens (including phenoxy) is 1. The summed E-state index contributed by atoms with van der Waals surface area (Å²) in [5.74, 6) is -0.215. The van der Waals surface area contributed by atoms with Gasteiger partial charge in [-0.3, -0.25) is 9.59 Å². The third-order valence-electron chi connectivity index (χ3n) is 6.40. The van der Waals surface area contributed by atoms with Gasteiger partial charge >= 0.3 is 0 Å². The maximum atomic E-state index is 14.8. The van der Waals surface area contributed by atoms with Crippen LogP contribution in [0.15, 0.2) is 42.5 Å². The molecule has 0 radical (unpaired) electrons. The molecule has 2 heterocycles. The number of halogens is 1. The van der Waals surface area contributed by atoms with Crippen LogP contribution in [-0.2, 0) is 0 Å². The minimum atomic E-state index is -1.29. The highest BCUT2D eigenvalue weighted by molar-refractivity contribution is 6.02. The van der Waals surface area contributed by atoms with Gasteiger partial charge in [0.2, 0.25) is 0 Å². The molecule has 0 aliphatic carbocycles. The first kappa shape index (κ1) is 22.3. The maximum Gasteiger partial charge on any atom is 0.254 e. The number of piperidine rings is 1. The third-order valence-corrected chi connectivity index (χ3v) is 6.40. The molecule has 0 unspecified atom stereocenters. The first-order valence-corrected chi connectivity index (χ1v) is 11.2. The van der Waals surface area contributed by atoms with E-state index in [4.69, 9.17) is 4.74 Å². The number of fused-ring (bicyclic) bond motifs is 1. The first-order chi connectivity index (χ1) is 15.4. The molecule has 3 atom stereocenters. The van der Waals surface area contributed by atoms with Crippen molar-refractivity contribution in [3.05, 3.63) is 64.7 Å². The topological polar surface area (TPSA) is 79.5 Å². The van der Waals surface area contributed by atoms with Gasteiger partial charge in [-0.15, -0.1) is 0 Å². The summed E-state index contributed by atoms with van der Waals surface area (Å²) in [4.78, 5) is 25.5. The molecule has 2 aromatic carbocycles. The molecule has 0 bridgehead atoms. The number of hydrogen-bond donors (Lipinski definition) is 3. The van der Waals surface area contributed by atoms with Gasteiger partial charge in [-0.2, -0.15) is 0 Å². The lowest BCUT2D eigenvalue weighted by atomic mass is 9.87. The molecule has 2 aliphatic heterocycles. The zero-order valence-corrected chi connectivity index (χ0v) is 18.5. The number of rotatable bonds is 6. The number of nitrogens with one attached hydrogen (secondary N) is 3. The van der Waals surface area contributed by atoms with E-state index in [0.717, 1.165) is 24.1 Å². The summed E-state index contributed by atoms with van der Waals surface area (Å²) in [5, 5.41) is 8.54. The van der Waals surface area contributed by atoms with Gasteiger partial charge in [0.05, 0.1) is 5.56 Å². The Labute approximate surface area is 187 Å². The van der Waals surface area contributed by atoms with Crippen molar-refractivity contribution in [1.82, 2.24) is 16.0 Å². The fourth-order valence-electron chi connectivity index (χ4n) is 4.71. The maximum absolute atomic E-state index is 14.8. The fraction of sp³-hybridized carbons (Fsp3) is 0.440. The number of alkyl halides is 1. The van der Waals surface area contributed by atoms with E-state index >= 15 is 0 Å². The third kappa shape index (κ3) is 4.48. The van der Waals surface area contributed by atoms with Gasteiger partial charge in [0.1, 0.15) is 17.5 Å². The lowest BCUT2D eigenvalue weighted by molar-refractivity contribution is 0.0907. The van der Waals surface area contributed by atoms with Crippen molar-refractivity contribution < 1.29 is 18.7 Å². The summed E-state index contributed by atoms with van der Waals surface area (Å²) in [6, 6.07) is 13.3. The number of hydrogen-bond acceptors (Lipinski definition) is 4. The molecule has 170 valence electrons. The summed E-state index contributed by atoms with van der Waals surface area (Å²) in [6.07, 6.45) is 1.37. The lowest BCUT2D eigenvalue weighted by Gasteiger charge is -2.30. The molecule has 32 heavy (non-hydrogen) atoms. The van der Waals surface area contributed by atoms with Crippen LogP contribution in [0.2, 0.25) is 0 Å². The fourth-order valence-corrected chi connectivity index (χ4v) is 4.71. The zero-order valence-electron chi connectivity index (χ0n) is 18.5. The zero-order chi connectivity index (χ0) is 22.7. The van der Waals surface area contributed by atoms with E-state index < -0.39 is 5.67 Å². The SMILES string of the molecule is CNC(=O)c1cc(C(=O)NCC[C@]2(F)CCCNC2)cc2c1O[C@H](C)[C@H]2c1ccccc1. The van der Waals surface area contributed by atoms with Gasteiger partial charge in [0, 0.05) is 43.6 Å². The molecular formula is C25H30FN3O3. The van der Waals surface area contributed by atoms with E-state index in [1.54, 1.807) is 19.2 Å². The van der Waals surface area contributed by atoms with Crippen LogP contribution < -0.4 is 20.7 Å². The molecule has 1 saturated heterocycles. The molecule has 6 nitrogen and oxygen atoms in total. The number of benzene rings is 2. The monoisotopic (exact) mass is 439 g/mol. The van der Waals surface area contributed by atoms with Crippen LogP contribution in [0.4, 0.5) is 4.39 Å². The van der Waals surface area contributed by atoms with Crippen molar-refractivity contribution in [2.24, 2.45) is 0 Å². The van der Waals surface area contributed by atoms with Gasteiger partial charge < -0.3 is 20.7 Å². The summed E-state index contributed by atoms with van der Waals surface area (Å²) in [5.41, 5.74) is 1.28. The second kappa shape index (κ2) is 9.28. The molecule has 0 saturated carbocycles. The largest absolute Gasteiger partial charge is 0.489 e. The Morgan fingerprint density at radius 1 is 1.22 bits per heavy atom. The van der Waals surface area contributed by atoms with Gasteiger partial charge in [-0.25, -0.2) is 4.39 Å². The summed E-state index contributed by atoms with van der Waals surface area (Å²) >= 11 is 0. The molecule has 1 fully saturated rings. The van der Waals surface area contributed by atoms with E-state index in [0.29, 0.717) is 29.8 Å². The van der Waals surface area contributed by atoms with Gasteiger partial charge in [-0.1, -0.05) is 30.3 Å². The van der Waals surface area contributed by atoms with E-state index in [1.807, 2.05) is 37.3 Å².